The fourth-order valence-corrected chi connectivity index (χ4v) is 3.38. The molecule has 2 aliphatic heterocycles. The number of nitrogens with one attached hydrogen (secondary N) is 1. The first-order valence-electron chi connectivity index (χ1n) is 7.77. The summed E-state index contributed by atoms with van der Waals surface area (Å²) in [6, 6.07) is 17.5. The lowest BCUT2D eigenvalue weighted by Crippen LogP contribution is -2.38. The van der Waals surface area contributed by atoms with Crippen LogP contribution in [-0.2, 0) is 13.0 Å². The van der Waals surface area contributed by atoms with Gasteiger partial charge in [0.2, 0.25) is 0 Å². The molecule has 2 heterocycles. The summed E-state index contributed by atoms with van der Waals surface area (Å²) in [5.41, 5.74) is 5.65. The summed E-state index contributed by atoms with van der Waals surface area (Å²) in [4.78, 5) is 2.49. The maximum Gasteiger partial charge on any atom is 0.0978 e. The number of hydrogen-bond donors (Lipinski definition) is 1. The molecule has 1 N–H and O–H groups in total. The van der Waals surface area contributed by atoms with E-state index in [4.69, 9.17) is 0 Å². The highest BCUT2D eigenvalue weighted by Gasteiger charge is 2.21. The largest absolute Gasteiger partial charge is 0.372 e. The minimum Gasteiger partial charge on any atom is -0.372 e. The van der Waals surface area contributed by atoms with Gasteiger partial charge in [-0.2, -0.15) is 0 Å². The van der Waals surface area contributed by atoms with Crippen molar-refractivity contribution >= 4 is 0 Å². The van der Waals surface area contributed by atoms with Gasteiger partial charge in [-0.05, 0) is 41.2 Å². The molecule has 106 valence electrons. The van der Waals surface area contributed by atoms with Gasteiger partial charge in [-0.3, -0.25) is 0 Å². The number of rotatable bonds is 1. The minimum absolute atomic E-state index is 1.01. The topological polar surface area (TPSA) is 15.3 Å². The van der Waals surface area contributed by atoms with Gasteiger partial charge in [0.25, 0.3) is 0 Å². The molecule has 0 bridgehead atoms. The maximum atomic E-state index is 3.54. The molecule has 0 saturated carbocycles. The average Bonchev–Trinajstić information content (AvgIpc) is 2.74. The lowest BCUT2D eigenvalue weighted by Gasteiger charge is -2.32. The molecule has 1 saturated heterocycles. The Labute approximate surface area is 126 Å². The summed E-state index contributed by atoms with van der Waals surface area (Å²) in [6.07, 6.45) is 4.59. The predicted molar refractivity (Wildman–Crippen MR) is 86.7 cm³/mol. The Morgan fingerprint density at radius 3 is 2.76 bits per heavy atom. The second-order valence-electron chi connectivity index (χ2n) is 5.80. The van der Waals surface area contributed by atoms with Gasteiger partial charge in [-0.25, -0.2) is 0 Å². The highest BCUT2D eigenvalue weighted by Crippen LogP contribution is 2.31. The van der Waals surface area contributed by atoms with Crippen LogP contribution in [0.25, 0.3) is 11.1 Å². The van der Waals surface area contributed by atoms with Gasteiger partial charge in [0.15, 0.2) is 0 Å². The molecule has 0 amide bonds. The van der Waals surface area contributed by atoms with Crippen molar-refractivity contribution in [1.82, 2.24) is 10.2 Å². The number of nitrogens with zero attached hydrogens (tertiary/aromatic N) is 1. The highest BCUT2D eigenvalue weighted by molar-refractivity contribution is 5.69. The van der Waals surface area contributed by atoms with Crippen LogP contribution >= 0.6 is 0 Å². The van der Waals surface area contributed by atoms with Crippen LogP contribution in [0.5, 0.6) is 0 Å². The molecule has 2 aromatic carbocycles. The monoisotopic (exact) mass is 276 g/mol. The van der Waals surface area contributed by atoms with E-state index in [0.29, 0.717) is 0 Å². The van der Waals surface area contributed by atoms with Crippen LogP contribution in [0.2, 0.25) is 0 Å². The van der Waals surface area contributed by atoms with Gasteiger partial charge >= 0.3 is 0 Å². The molecule has 0 atom stereocenters. The first-order valence-corrected chi connectivity index (χ1v) is 7.77. The summed E-state index contributed by atoms with van der Waals surface area (Å²) < 4.78 is 0. The molecule has 1 fully saturated rings. The van der Waals surface area contributed by atoms with E-state index in [0.717, 1.165) is 26.1 Å². The molecule has 0 aliphatic carbocycles. The van der Waals surface area contributed by atoms with Gasteiger partial charge in [0, 0.05) is 19.6 Å². The Morgan fingerprint density at radius 1 is 0.952 bits per heavy atom. The summed E-state index contributed by atoms with van der Waals surface area (Å²) >= 11 is 0. The SMILES string of the molecule is C1=C2NCCCN2Cc2c(cccc2-c2ccccc2)C1. The van der Waals surface area contributed by atoms with Gasteiger partial charge in [0.1, 0.15) is 0 Å². The lowest BCUT2D eigenvalue weighted by atomic mass is 9.94. The van der Waals surface area contributed by atoms with Crippen molar-refractivity contribution in [2.24, 2.45) is 0 Å². The normalized spacial score (nSPS) is 17.1. The molecular formula is C19H20N2. The van der Waals surface area contributed by atoms with E-state index in [1.807, 2.05) is 0 Å². The van der Waals surface area contributed by atoms with Gasteiger partial charge in [-0.1, -0.05) is 48.5 Å². The first-order chi connectivity index (χ1) is 10.4. The van der Waals surface area contributed by atoms with Crippen LogP contribution in [0, 0.1) is 0 Å². The maximum absolute atomic E-state index is 3.54. The Bertz CT molecular complexity index is 673. The van der Waals surface area contributed by atoms with E-state index in [-0.39, 0.29) is 0 Å². The zero-order chi connectivity index (χ0) is 14.1. The van der Waals surface area contributed by atoms with Crippen molar-refractivity contribution in [3.63, 3.8) is 0 Å². The predicted octanol–water partition coefficient (Wildman–Crippen LogP) is 3.55. The van der Waals surface area contributed by atoms with Crippen LogP contribution in [0.1, 0.15) is 17.5 Å². The van der Waals surface area contributed by atoms with E-state index in [2.05, 4.69) is 64.8 Å². The Balaban J connectivity index is 1.79. The summed E-state index contributed by atoms with van der Waals surface area (Å²) in [6.45, 7) is 3.27. The number of allylic oxidation sites excluding steroid dienone is 1. The van der Waals surface area contributed by atoms with Crippen molar-refractivity contribution in [2.75, 3.05) is 13.1 Å². The molecule has 0 spiro atoms. The number of benzene rings is 2. The molecule has 0 radical (unpaired) electrons. The summed E-state index contributed by atoms with van der Waals surface area (Å²) in [7, 11) is 0. The van der Waals surface area contributed by atoms with Crippen molar-refractivity contribution in [3.8, 4) is 11.1 Å². The van der Waals surface area contributed by atoms with E-state index in [1.165, 1.54) is 34.5 Å². The number of fused-ring (bicyclic) bond motifs is 2. The van der Waals surface area contributed by atoms with Crippen LogP contribution < -0.4 is 5.32 Å². The fraction of sp³-hybridized carbons (Fsp3) is 0.263. The third-order valence-corrected chi connectivity index (χ3v) is 4.47. The van der Waals surface area contributed by atoms with E-state index in [1.54, 1.807) is 0 Å². The standard InChI is InChI=1S/C19H20N2/c1-2-6-15(7-3-1)17-9-4-8-16-10-11-19-20-12-5-13-21(19)14-18(16)17/h1-4,6-9,11,20H,5,10,12-14H2. The smallest absolute Gasteiger partial charge is 0.0978 e. The van der Waals surface area contributed by atoms with Crippen LogP contribution in [0.4, 0.5) is 0 Å². The van der Waals surface area contributed by atoms with Gasteiger partial charge in [0.05, 0.1) is 5.82 Å². The van der Waals surface area contributed by atoms with Crippen LogP contribution in [0.15, 0.2) is 60.4 Å². The zero-order valence-corrected chi connectivity index (χ0v) is 12.2. The molecule has 2 heteroatoms. The molecular weight excluding hydrogens is 256 g/mol. The minimum atomic E-state index is 1.01. The summed E-state index contributed by atoms with van der Waals surface area (Å²) in [5.74, 6) is 1.32. The second kappa shape index (κ2) is 5.28. The molecule has 2 aliphatic rings. The lowest BCUT2D eigenvalue weighted by molar-refractivity contribution is 0.275. The first kappa shape index (κ1) is 12.5. The summed E-state index contributed by atoms with van der Waals surface area (Å²) in [5, 5.41) is 3.54. The van der Waals surface area contributed by atoms with Crippen molar-refractivity contribution < 1.29 is 0 Å². The van der Waals surface area contributed by atoms with Gasteiger partial charge in [-0.15, -0.1) is 0 Å². The van der Waals surface area contributed by atoms with Crippen LogP contribution in [-0.4, -0.2) is 18.0 Å². The van der Waals surface area contributed by atoms with Gasteiger partial charge < -0.3 is 10.2 Å². The van der Waals surface area contributed by atoms with E-state index < -0.39 is 0 Å². The highest BCUT2D eigenvalue weighted by atomic mass is 15.3. The zero-order valence-electron chi connectivity index (χ0n) is 12.2. The molecule has 4 rings (SSSR count). The van der Waals surface area contributed by atoms with E-state index >= 15 is 0 Å². The molecule has 2 aromatic rings. The van der Waals surface area contributed by atoms with E-state index in [9.17, 15) is 0 Å². The molecule has 0 aromatic heterocycles. The third kappa shape index (κ3) is 2.31. The number of hydrogen-bond acceptors (Lipinski definition) is 2. The Hall–Kier alpha value is -2.22. The average molecular weight is 276 g/mol. The Kier molecular flexibility index (Phi) is 3.15. The molecule has 2 nitrogen and oxygen atoms in total. The van der Waals surface area contributed by atoms with Crippen molar-refractivity contribution in [1.29, 1.82) is 0 Å². The fourth-order valence-electron chi connectivity index (χ4n) is 3.38. The second-order valence-corrected chi connectivity index (χ2v) is 5.80. The van der Waals surface area contributed by atoms with Crippen molar-refractivity contribution in [3.05, 3.63) is 71.6 Å². The van der Waals surface area contributed by atoms with Crippen molar-refractivity contribution in [2.45, 2.75) is 19.4 Å². The quantitative estimate of drug-likeness (QED) is 0.857. The third-order valence-electron chi connectivity index (χ3n) is 4.47. The molecule has 0 unspecified atom stereocenters. The Morgan fingerprint density at radius 2 is 1.86 bits per heavy atom. The molecule has 21 heavy (non-hydrogen) atoms. The van der Waals surface area contributed by atoms with Crippen LogP contribution in [0.3, 0.4) is 0 Å².